The molecule has 1 aromatic carbocycles. The molecule has 1 aliphatic rings. The molecule has 0 saturated carbocycles. The highest BCUT2D eigenvalue weighted by molar-refractivity contribution is 9.10. The summed E-state index contributed by atoms with van der Waals surface area (Å²) in [6, 6.07) is 6.10. The maximum Gasteiger partial charge on any atom is 0.217 e. The van der Waals surface area contributed by atoms with Crippen molar-refractivity contribution in [2.75, 3.05) is 6.54 Å². The third kappa shape index (κ3) is 1.41. The molecule has 0 aromatic heterocycles. The second-order valence-corrected chi connectivity index (χ2v) is 3.94. The standard InChI is InChI=1S/C9H9BrNO/c10-9-2-1-8-6-11(12)4-3-7(8)5-9/h1-2,5H,3-4,6H2/q+1. The minimum Gasteiger partial charge on any atom is -0.0512 e. The maximum atomic E-state index is 11.0. The fourth-order valence-electron chi connectivity index (χ4n) is 1.50. The third-order valence-electron chi connectivity index (χ3n) is 2.15. The number of hydrogen-bond donors (Lipinski definition) is 0. The largest absolute Gasteiger partial charge is 0.217 e. The van der Waals surface area contributed by atoms with Crippen molar-refractivity contribution >= 4 is 15.9 Å². The minimum absolute atomic E-state index is 0.544. The molecule has 3 heteroatoms. The van der Waals surface area contributed by atoms with Gasteiger partial charge in [-0.3, -0.25) is 0 Å². The van der Waals surface area contributed by atoms with Gasteiger partial charge in [-0.25, -0.2) is 0 Å². The van der Waals surface area contributed by atoms with E-state index in [-0.39, 0.29) is 0 Å². The SMILES string of the molecule is O=[N+]1CCc2cc(Br)ccc2C1. The van der Waals surface area contributed by atoms with Crippen LogP contribution >= 0.6 is 15.9 Å². The Morgan fingerprint density at radius 2 is 2.17 bits per heavy atom. The molecule has 0 amide bonds. The van der Waals surface area contributed by atoms with Crippen molar-refractivity contribution in [2.45, 2.75) is 13.0 Å². The summed E-state index contributed by atoms with van der Waals surface area (Å²) in [5.41, 5.74) is 2.47. The molecule has 62 valence electrons. The molecule has 1 aromatic rings. The van der Waals surface area contributed by atoms with E-state index in [9.17, 15) is 4.91 Å². The average Bonchev–Trinajstić information content (AvgIpc) is 2.05. The van der Waals surface area contributed by atoms with Crippen molar-refractivity contribution < 1.29 is 4.76 Å². The average molecular weight is 227 g/mol. The van der Waals surface area contributed by atoms with Crippen LogP contribution in [0, 0.1) is 4.91 Å². The fraction of sp³-hybridized carbons (Fsp3) is 0.333. The second kappa shape index (κ2) is 2.98. The number of nitroso groups, excluding NO2 is 1. The van der Waals surface area contributed by atoms with Crippen molar-refractivity contribution in [1.82, 2.24) is 0 Å². The molecule has 0 unspecified atom stereocenters. The van der Waals surface area contributed by atoms with Crippen LogP contribution in [0.4, 0.5) is 0 Å². The van der Waals surface area contributed by atoms with Crippen LogP contribution in [-0.4, -0.2) is 11.3 Å². The Morgan fingerprint density at radius 3 is 3.00 bits per heavy atom. The molecule has 2 nitrogen and oxygen atoms in total. The quantitative estimate of drug-likeness (QED) is 0.622. The van der Waals surface area contributed by atoms with Crippen LogP contribution in [0.15, 0.2) is 22.7 Å². The predicted octanol–water partition coefficient (Wildman–Crippen LogP) is 2.28. The van der Waals surface area contributed by atoms with E-state index in [0.29, 0.717) is 13.1 Å². The van der Waals surface area contributed by atoms with E-state index < -0.39 is 0 Å². The Hall–Kier alpha value is -0.700. The Balaban J connectivity index is 2.43. The van der Waals surface area contributed by atoms with Crippen molar-refractivity contribution in [1.29, 1.82) is 0 Å². The summed E-state index contributed by atoms with van der Waals surface area (Å²) in [5, 5.41) is 0. The van der Waals surface area contributed by atoms with Crippen molar-refractivity contribution in [3.05, 3.63) is 38.7 Å². The molecule has 1 heterocycles. The van der Waals surface area contributed by atoms with Gasteiger partial charge in [0.25, 0.3) is 0 Å². The lowest BCUT2D eigenvalue weighted by Gasteiger charge is -2.09. The summed E-state index contributed by atoms with van der Waals surface area (Å²) in [7, 11) is 0. The molecule has 12 heavy (non-hydrogen) atoms. The lowest BCUT2D eigenvalue weighted by Crippen LogP contribution is -2.19. The lowest BCUT2D eigenvalue weighted by atomic mass is 10.0. The molecule has 2 rings (SSSR count). The van der Waals surface area contributed by atoms with Crippen molar-refractivity contribution in [2.24, 2.45) is 0 Å². The van der Waals surface area contributed by atoms with Gasteiger partial charge in [0.2, 0.25) is 6.54 Å². The van der Waals surface area contributed by atoms with Gasteiger partial charge in [-0.05, 0) is 17.7 Å². The van der Waals surface area contributed by atoms with Gasteiger partial charge in [0.05, 0.1) is 0 Å². The summed E-state index contributed by atoms with van der Waals surface area (Å²) in [6.07, 6.45) is 0.873. The molecule has 0 bridgehead atoms. The van der Waals surface area contributed by atoms with Crippen LogP contribution in [0.2, 0.25) is 0 Å². The molecule has 0 N–H and O–H groups in total. The number of fused-ring (bicyclic) bond motifs is 1. The number of halogens is 1. The van der Waals surface area contributed by atoms with E-state index in [0.717, 1.165) is 15.7 Å². The van der Waals surface area contributed by atoms with E-state index >= 15 is 0 Å². The van der Waals surface area contributed by atoms with Gasteiger partial charge in [0.1, 0.15) is 0 Å². The second-order valence-electron chi connectivity index (χ2n) is 3.03. The smallest absolute Gasteiger partial charge is 0.0512 e. The topological polar surface area (TPSA) is 20.1 Å². The van der Waals surface area contributed by atoms with E-state index in [4.69, 9.17) is 0 Å². The van der Waals surface area contributed by atoms with Gasteiger partial charge in [-0.1, -0.05) is 22.0 Å². The summed E-state index contributed by atoms with van der Waals surface area (Å²) in [5.74, 6) is 0. The number of rotatable bonds is 0. The summed E-state index contributed by atoms with van der Waals surface area (Å²) in [6.45, 7) is 1.17. The van der Waals surface area contributed by atoms with Gasteiger partial charge in [0.15, 0.2) is 6.54 Å². The Labute approximate surface area is 79.3 Å². The lowest BCUT2D eigenvalue weighted by molar-refractivity contribution is -0.567. The number of nitrogens with zero attached hydrogens (tertiary/aromatic N) is 1. The first-order valence-electron chi connectivity index (χ1n) is 3.95. The molecule has 0 atom stereocenters. The van der Waals surface area contributed by atoms with Gasteiger partial charge in [-0.2, -0.15) is 0 Å². The number of hydrogen-bond acceptors (Lipinski definition) is 1. The Morgan fingerprint density at radius 1 is 1.33 bits per heavy atom. The van der Waals surface area contributed by atoms with Crippen molar-refractivity contribution in [3.8, 4) is 0 Å². The highest BCUT2D eigenvalue weighted by Gasteiger charge is 2.20. The van der Waals surface area contributed by atoms with Gasteiger partial charge in [0, 0.05) is 26.1 Å². The zero-order valence-corrected chi connectivity index (χ0v) is 8.17. The highest BCUT2D eigenvalue weighted by Crippen LogP contribution is 2.20. The van der Waals surface area contributed by atoms with Crippen LogP contribution in [0.5, 0.6) is 0 Å². The first-order valence-corrected chi connectivity index (χ1v) is 4.74. The summed E-state index contributed by atoms with van der Waals surface area (Å²) < 4.78 is 2.21. The van der Waals surface area contributed by atoms with E-state index in [1.54, 1.807) is 0 Å². The van der Waals surface area contributed by atoms with E-state index in [2.05, 4.69) is 22.0 Å². The normalized spacial score (nSPS) is 15.9. The first kappa shape index (κ1) is 7.92. The molecule has 0 spiro atoms. The van der Waals surface area contributed by atoms with Gasteiger partial charge in [-0.15, -0.1) is 0 Å². The zero-order chi connectivity index (χ0) is 8.55. The predicted molar refractivity (Wildman–Crippen MR) is 50.0 cm³/mol. The third-order valence-corrected chi connectivity index (χ3v) is 2.64. The molecule has 0 radical (unpaired) electrons. The van der Waals surface area contributed by atoms with E-state index in [1.807, 2.05) is 12.1 Å². The molecule has 0 fully saturated rings. The fourth-order valence-corrected chi connectivity index (χ4v) is 1.90. The van der Waals surface area contributed by atoms with Crippen LogP contribution in [0.1, 0.15) is 11.1 Å². The monoisotopic (exact) mass is 226 g/mol. The number of benzene rings is 1. The van der Waals surface area contributed by atoms with E-state index in [1.165, 1.54) is 11.1 Å². The van der Waals surface area contributed by atoms with Crippen LogP contribution in [0.25, 0.3) is 0 Å². The molecular formula is C9H9BrNO+. The zero-order valence-electron chi connectivity index (χ0n) is 6.59. The first-order chi connectivity index (χ1) is 5.75. The van der Waals surface area contributed by atoms with Crippen LogP contribution < -0.4 is 0 Å². The van der Waals surface area contributed by atoms with Gasteiger partial charge < -0.3 is 0 Å². The Kier molecular flexibility index (Phi) is 1.97. The molecule has 0 saturated heterocycles. The highest BCUT2D eigenvalue weighted by atomic mass is 79.9. The van der Waals surface area contributed by atoms with Crippen LogP contribution in [-0.2, 0) is 13.0 Å². The molecule has 0 aliphatic carbocycles. The summed E-state index contributed by atoms with van der Waals surface area (Å²) in [4.78, 5) is 11.0. The summed E-state index contributed by atoms with van der Waals surface area (Å²) >= 11 is 3.41. The molecular weight excluding hydrogens is 218 g/mol. The van der Waals surface area contributed by atoms with Crippen molar-refractivity contribution in [3.63, 3.8) is 0 Å². The minimum atomic E-state index is 0.544. The van der Waals surface area contributed by atoms with Crippen LogP contribution in [0.3, 0.4) is 0 Å². The molecule has 1 aliphatic heterocycles. The maximum absolute atomic E-state index is 11.0. The van der Waals surface area contributed by atoms with Gasteiger partial charge >= 0.3 is 0 Å². The Bertz CT molecular complexity index is 335.